The van der Waals surface area contributed by atoms with Gasteiger partial charge < -0.3 is 20.2 Å². The molecule has 0 radical (unpaired) electrons. The Bertz CT molecular complexity index is 1160. The van der Waals surface area contributed by atoms with Crippen molar-refractivity contribution in [3.8, 4) is 0 Å². The molecule has 0 unspecified atom stereocenters. The SMILES string of the molecule is CCOC(=O)[C@H](Cc1ccc(NC(=O)c2c(Cl)cccc2Cl)cc1)NC(=O)C(=NOC)C1CCC(CC)CC1. The molecule has 0 bridgehead atoms. The fraction of sp³-hybridized carbons (Fsp3) is 0.448. The Hall–Kier alpha value is -3.10. The summed E-state index contributed by atoms with van der Waals surface area (Å²) in [6.07, 6.45) is 5.08. The van der Waals surface area contributed by atoms with Crippen molar-refractivity contribution in [1.82, 2.24) is 5.32 Å². The van der Waals surface area contributed by atoms with E-state index < -0.39 is 23.8 Å². The van der Waals surface area contributed by atoms with Gasteiger partial charge in [0.25, 0.3) is 11.8 Å². The van der Waals surface area contributed by atoms with Crippen LogP contribution in [-0.4, -0.2) is 43.3 Å². The van der Waals surface area contributed by atoms with Gasteiger partial charge >= 0.3 is 5.97 Å². The standard InChI is InChI=1S/C29H35Cl2N3O5/c1-4-18-9-13-20(14-10-18)26(34-38-3)28(36)33-24(29(37)39-5-2)17-19-11-15-21(16-12-19)32-27(35)25-22(30)7-6-8-23(25)31/h6-8,11-12,15-16,18,20,24H,4-5,9-10,13-14,17H2,1-3H3,(H,32,35)(H,33,36)/t18?,20?,24-/m0/s1. The Morgan fingerprint density at radius 3 is 2.21 bits per heavy atom. The van der Waals surface area contributed by atoms with E-state index in [1.165, 1.54) is 7.11 Å². The molecule has 1 aliphatic carbocycles. The zero-order chi connectivity index (χ0) is 28.4. The lowest BCUT2D eigenvalue weighted by molar-refractivity contribution is -0.146. The van der Waals surface area contributed by atoms with Gasteiger partial charge in [0.1, 0.15) is 18.9 Å². The maximum absolute atomic E-state index is 13.3. The van der Waals surface area contributed by atoms with Crippen molar-refractivity contribution >= 4 is 52.4 Å². The molecule has 0 saturated heterocycles. The average molecular weight is 577 g/mol. The number of nitrogens with one attached hydrogen (secondary N) is 2. The number of benzene rings is 2. The van der Waals surface area contributed by atoms with Crippen molar-refractivity contribution in [3.05, 3.63) is 63.6 Å². The summed E-state index contributed by atoms with van der Waals surface area (Å²) in [6.45, 7) is 4.07. The van der Waals surface area contributed by atoms with Crippen molar-refractivity contribution in [2.24, 2.45) is 17.0 Å². The van der Waals surface area contributed by atoms with Crippen LogP contribution in [0.2, 0.25) is 10.0 Å². The summed E-state index contributed by atoms with van der Waals surface area (Å²) in [5.41, 5.74) is 1.77. The minimum absolute atomic E-state index is 0.0230. The maximum atomic E-state index is 13.3. The number of nitrogens with zero attached hydrogens (tertiary/aromatic N) is 1. The molecule has 0 aromatic heterocycles. The minimum atomic E-state index is -0.922. The number of ether oxygens (including phenoxy) is 1. The quantitative estimate of drug-likeness (QED) is 0.192. The van der Waals surface area contributed by atoms with Crippen molar-refractivity contribution in [3.63, 3.8) is 0 Å². The molecule has 8 nitrogen and oxygen atoms in total. The molecule has 39 heavy (non-hydrogen) atoms. The molecule has 1 atom stereocenters. The van der Waals surface area contributed by atoms with Crippen LogP contribution in [0.3, 0.4) is 0 Å². The Balaban J connectivity index is 1.70. The second kappa shape index (κ2) is 14.9. The molecule has 2 aromatic rings. The molecule has 2 aromatic carbocycles. The summed E-state index contributed by atoms with van der Waals surface area (Å²) in [5, 5.41) is 10.1. The summed E-state index contributed by atoms with van der Waals surface area (Å²) < 4.78 is 5.23. The number of esters is 1. The fourth-order valence-corrected chi connectivity index (χ4v) is 5.35. The van der Waals surface area contributed by atoms with E-state index in [4.69, 9.17) is 32.8 Å². The monoisotopic (exact) mass is 575 g/mol. The third kappa shape index (κ3) is 8.44. The second-order valence-corrected chi connectivity index (χ2v) is 10.3. The van der Waals surface area contributed by atoms with Gasteiger partial charge in [-0.1, -0.05) is 59.9 Å². The molecule has 3 rings (SSSR count). The Labute approximate surface area is 239 Å². The molecule has 0 spiro atoms. The lowest BCUT2D eigenvalue weighted by Crippen LogP contribution is -2.48. The first-order chi connectivity index (χ1) is 18.8. The Morgan fingerprint density at radius 2 is 1.64 bits per heavy atom. The first-order valence-corrected chi connectivity index (χ1v) is 14.0. The molecule has 2 N–H and O–H groups in total. The molecule has 0 aliphatic heterocycles. The maximum Gasteiger partial charge on any atom is 0.328 e. The average Bonchev–Trinajstić information content (AvgIpc) is 2.92. The van der Waals surface area contributed by atoms with Crippen LogP contribution in [0, 0.1) is 11.8 Å². The van der Waals surface area contributed by atoms with E-state index in [2.05, 4.69) is 22.7 Å². The van der Waals surface area contributed by atoms with Crippen LogP contribution in [0.25, 0.3) is 0 Å². The highest BCUT2D eigenvalue weighted by Crippen LogP contribution is 2.32. The summed E-state index contributed by atoms with van der Waals surface area (Å²) in [6, 6.07) is 10.8. The highest BCUT2D eigenvalue weighted by atomic mass is 35.5. The molecule has 0 heterocycles. The van der Waals surface area contributed by atoms with Gasteiger partial charge in [0.15, 0.2) is 0 Å². The highest BCUT2D eigenvalue weighted by Gasteiger charge is 2.32. The topological polar surface area (TPSA) is 106 Å². The van der Waals surface area contributed by atoms with Crippen LogP contribution < -0.4 is 10.6 Å². The molecular formula is C29H35Cl2N3O5. The third-order valence-corrected chi connectivity index (χ3v) is 7.58. The van der Waals surface area contributed by atoms with Crippen LogP contribution >= 0.6 is 23.2 Å². The number of hydrogen-bond donors (Lipinski definition) is 2. The zero-order valence-electron chi connectivity index (χ0n) is 22.5. The van der Waals surface area contributed by atoms with Gasteiger partial charge in [0.2, 0.25) is 0 Å². The van der Waals surface area contributed by atoms with Gasteiger partial charge in [-0.3, -0.25) is 9.59 Å². The number of carbonyl (C=O) groups excluding carboxylic acids is 3. The predicted octanol–water partition coefficient (Wildman–Crippen LogP) is 6.05. The van der Waals surface area contributed by atoms with E-state index in [1.807, 2.05) is 0 Å². The van der Waals surface area contributed by atoms with Crippen LogP contribution in [0.15, 0.2) is 47.6 Å². The Kier molecular flexibility index (Phi) is 11.6. The van der Waals surface area contributed by atoms with Crippen molar-refractivity contribution < 1.29 is 24.0 Å². The van der Waals surface area contributed by atoms with Gasteiger partial charge in [0, 0.05) is 18.0 Å². The van der Waals surface area contributed by atoms with E-state index in [1.54, 1.807) is 49.4 Å². The third-order valence-electron chi connectivity index (χ3n) is 6.95. The summed E-state index contributed by atoms with van der Waals surface area (Å²) >= 11 is 12.3. The van der Waals surface area contributed by atoms with Gasteiger partial charge in [-0.25, -0.2) is 4.79 Å². The smallest absolute Gasteiger partial charge is 0.328 e. The summed E-state index contributed by atoms with van der Waals surface area (Å²) in [7, 11) is 1.41. The molecule has 210 valence electrons. The molecule has 1 saturated carbocycles. The predicted molar refractivity (Wildman–Crippen MR) is 153 cm³/mol. The molecule has 1 fully saturated rings. The molecule has 1 aliphatic rings. The number of rotatable bonds is 11. The number of halogens is 2. The number of hydrogen-bond acceptors (Lipinski definition) is 6. The fourth-order valence-electron chi connectivity index (χ4n) is 4.78. The summed E-state index contributed by atoms with van der Waals surface area (Å²) in [5.74, 6) is -0.772. The van der Waals surface area contributed by atoms with Gasteiger partial charge in [-0.05, 0) is 68.4 Å². The van der Waals surface area contributed by atoms with E-state index in [-0.39, 0.29) is 34.6 Å². The lowest BCUT2D eigenvalue weighted by Gasteiger charge is -2.28. The van der Waals surface area contributed by atoms with Crippen LogP contribution in [-0.2, 0) is 25.6 Å². The Morgan fingerprint density at radius 1 is 1.00 bits per heavy atom. The molecular weight excluding hydrogens is 541 g/mol. The van der Waals surface area contributed by atoms with Crippen LogP contribution in [0.1, 0.15) is 61.9 Å². The molecule has 2 amide bonds. The number of carbonyl (C=O) groups is 3. The van der Waals surface area contributed by atoms with E-state index in [9.17, 15) is 14.4 Å². The highest BCUT2D eigenvalue weighted by molar-refractivity contribution is 6.40. The van der Waals surface area contributed by atoms with Gasteiger partial charge in [-0.2, -0.15) is 0 Å². The second-order valence-electron chi connectivity index (χ2n) is 9.51. The molecule has 10 heteroatoms. The van der Waals surface area contributed by atoms with E-state index in [0.717, 1.165) is 37.7 Å². The minimum Gasteiger partial charge on any atom is -0.464 e. The lowest BCUT2D eigenvalue weighted by atomic mass is 9.78. The number of oxime groups is 1. The first kappa shape index (κ1) is 30.4. The summed E-state index contributed by atoms with van der Waals surface area (Å²) in [4.78, 5) is 43.7. The number of anilines is 1. The zero-order valence-corrected chi connectivity index (χ0v) is 24.0. The van der Waals surface area contributed by atoms with Crippen LogP contribution in [0.5, 0.6) is 0 Å². The van der Waals surface area contributed by atoms with Crippen molar-refractivity contribution in [2.45, 2.75) is 58.4 Å². The largest absolute Gasteiger partial charge is 0.464 e. The van der Waals surface area contributed by atoms with Crippen molar-refractivity contribution in [1.29, 1.82) is 0 Å². The number of amides is 2. The normalized spacial score (nSPS) is 18.1. The van der Waals surface area contributed by atoms with E-state index >= 15 is 0 Å². The van der Waals surface area contributed by atoms with Gasteiger partial charge in [-0.15, -0.1) is 0 Å². The van der Waals surface area contributed by atoms with Crippen molar-refractivity contribution in [2.75, 3.05) is 19.0 Å². The van der Waals surface area contributed by atoms with Crippen LogP contribution in [0.4, 0.5) is 5.69 Å². The first-order valence-electron chi connectivity index (χ1n) is 13.2. The van der Waals surface area contributed by atoms with Gasteiger partial charge in [0.05, 0.1) is 22.2 Å². The van der Waals surface area contributed by atoms with E-state index in [0.29, 0.717) is 17.3 Å².